The summed E-state index contributed by atoms with van der Waals surface area (Å²) in [6.45, 7) is 2.63. The normalized spacial score (nSPS) is 20.3. The quantitative estimate of drug-likeness (QED) is 0.407. The lowest BCUT2D eigenvalue weighted by molar-refractivity contribution is -0.116. The van der Waals surface area contributed by atoms with Gasteiger partial charge in [0.25, 0.3) is 0 Å². The number of anilines is 1. The van der Waals surface area contributed by atoms with E-state index in [1.807, 2.05) is 42.6 Å². The predicted octanol–water partition coefficient (Wildman–Crippen LogP) is 5.56. The molecule has 3 aromatic rings. The van der Waals surface area contributed by atoms with Crippen molar-refractivity contribution >= 4 is 28.9 Å². The molecule has 0 bridgehead atoms. The van der Waals surface area contributed by atoms with Gasteiger partial charge >= 0.3 is 0 Å². The van der Waals surface area contributed by atoms with Gasteiger partial charge in [-0.2, -0.15) is 0 Å². The lowest BCUT2D eigenvalue weighted by Gasteiger charge is -2.27. The van der Waals surface area contributed by atoms with Crippen molar-refractivity contribution in [2.45, 2.75) is 63.6 Å². The van der Waals surface area contributed by atoms with Crippen LogP contribution in [-0.4, -0.2) is 32.0 Å². The van der Waals surface area contributed by atoms with Crippen LogP contribution in [0, 0.1) is 0 Å². The number of amides is 1. The first-order valence-corrected chi connectivity index (χ1v) is 13.1. The highest BCUT2D eigenvalue weighted by molar-refractivity contribution is 7.80. The Balaban J connectivity index is 1.36. The summed E-state index contributed by atoms with van der Waals surface area (Å²) in [7, 11) is 0. The molecule has 35 heavy (non-hydrogen) atoms. The number of benzene rings is 1. The number of aryl methyl sites for hydroxylation is 1. The van der Waals surface area contributed by atoms with Crippen LogP contribution in [-0.2, 0) is 11.2 Å². The van der Waals surface area contributed by atoms with Crippen molar-refractivity contribution in [3.05, 3.63) is 83.9 Å². The number of hydrogen-bond donors (Lipinski definition) is 2. The minimum atomic E-state index is -0.0630. The molecule has 1 saturated carbocycles. The Morgan fingerprint density at radius 3 is 2.71 bits per heavy atom. The summed E-state index contributed by atoms with van der Waals surface area (Å²) in [5, 5.41) is 7.25. The number of nitrogens with zero attached hydrogens (tertiary/aromatic N) is 3. The molecule has 1 amide bonds. The van der Waals surface area contributed by atoms with E-state index >= 15 is 0 Å². The highest BCUT2D eigenvalue weighted by Gasteiger charge is 2.40. The van der Waals surface area contributed by atoms with Crippen LogP contribution in [0.4, 0.5) is 5.69 Å². The monoisotopic (exact) mass is 487 g/mol. The highest BCUT2D eigenvalue weighted by atomic mass is 32.1. The topological polar surface area (TPSA) is 62.2 Å². The minimum Gasteiger partial charge on any atom is -0.352 e. The number of carbonyl (C=O) groups is 1. The van der Waals surface area contributed by atoms with E-state index in [4.69, 9.17) is 12.2 Å². The van der Waals surface area contributed by atoms with Gasteiger partial charge in [0.2, 0.25) is 5.91 Å². The third-order valence-electron chi connectivity index (χ3n) is 7.28. The fourth-order valence-electron chi connectivity index (χ4n) is 5.43. The van der Waals surface area contributed by atoms with Crippen LogP contribution in [0.5, 0.6) is 0 Å². The summed E-state index contributed by atoms with van der Waals surface area (Å²) < 4.78 is 2.37. The van der Waals surface area contributed by atoms with Gasteiger partial charge in [0, 0.05) is 43.3 Å². The number of nitrogens with one attached hydrogen (secondary N) is 2. The molecule has 2 fully saturated rings. The van der Waals surface area contributed by atoms with Gasteiger partial charge in [0.05, 0.1) is 17.8 Å². The fourth-order valence-corrected chi connectivity index (χ4v) is 5.76. The predicted molar refractivity (Wildman–Crippen MR) is 143 cm³/mol. The fraction of sp³-hybridized carbons (Fsp3) is 0.393. The SMILES string of the molecule is CCc1ccccc1NC(=O)CCN1C(=S)N[C@@H](c2ccccn2)[C@H]1c1ccn(C2CCCC2)c1. The van der Waals surface area contributed by atoms with Crippen molar-refractivity contribution in [3.8, 4) is 0 Å². The van der Waals surface area contributed by atoms with Crippen molar-refractivity contribution in [2.75, 3.05) is 11.9 Å². The molecule has 5 rings (SSSR count). The van der Waals surface area contributed by atoms with E-state index in [0.29, 0.717) is 24.1 Å². The largest absolute Gasteiger partial charge is 0.352 e. The third-order valence-corrected chi connectivity index (χ3v) is 7.63. The molecule has 2 atom stereocenters. The summed E-state index contributed by atoms with van der Waals surface area (Å²) in [6.07, 6.45) is 12.6. The Morgan fingerprint density at radius 2 is 1.94 bits per heavy atom. The zero-order chi connectivity index (χ0) is 24.2. The zero-order valence-corrected chi connectivity index (χ0v) is 21.0. The summed E-state index contributed by atoms with van der Waals surface area (Å²) in [6, 6.07) is 16.7. The number of aromatic nitrogens is 2. The number of pyridine rings is 1. The van der Waals surface area contributed by atoms with Crippen LogP contribution >= 0.6 is 12.2 Å². The first kappa shape index (κ1) is 23.5. The second kappa shape index (κ2) is 10.6. The molecule has 2 N–H and O–H groups in total. The molecular formula is C28H33N5OS. The van der Waals surface area contributed by atoms with Gasteiger partial charge in [-0.1, -0.05) is 44.0 Å². The van der Waals surface area contributed by atoms with Crippen LogP contribution in [0.1, 0.15) is 74.0 Å². The Bertz CT molecular complexity index is 1170. The molecule has 7 heteroatoms. The van der Waals surface area contributed by atoms with E-state index in [0.717, 1.165) is 23.4 Å². The smallest absolute Gasteiger partial charge is 0.226 e. The van der Waals surface area contributed by atoms with Crippen LogP contribution in [0.3, 0.4) is 0 Å². The van der Waals surface area contributed by atoms with Crippen molar-refractivity contribution in [1.82, 2.24) is 19.8 Å². The van der Waals surface area contributed by atoms with E-state index in [-0.39, 0.29) is 18.0 Å². The molecule has 2 aliphatic rings. The number of thiocarbonyl (C=S) groups is 1. The maximum absolute atomic E-state index is 12.9. The maximum Gasteiger partial charge on any atom is 0.226 e. The molecule has 1 aromatic carbocycles. The molecule has 3 heterocycles. The molecule has 6 nitrogen and oxygen atoms in total. The second-order valence-electron chi connectivity index (χ2n) is 9.46. The van der Waals surface area contributed by atoms with Crippen LogP contribution < -0.4 is 10.6 Å². The maximum atomic E-state index is 12.9. The Kier molecular flexibility index (Phi) is 7.13. The summed E-state index contributed by atoms with van der Waals surface area (Å²) in [5.74, 6) is -0.00254. The lowest BCUT2D eigenvalue weighted by Crippen LogP contribution is -2.32. The Morgan fingerprint density at radius 1 is 1.14 bits per heavy atom. The number of para-hydroxylation sites is 1. The van der Waals surface area contributed by atoms with Crippen molar-refractivity contribution in [3.63, 3.8) is 0 Å². The second-order valence-corrected chi connectivity index (χ2v) is 9.85. The third kappa shape index (κ3) is 5.10. The molecule has 1 aliphatic carbocycles. The highest BCUT2D eigenvalue weighted by Crippen LogP contribution is 2.40. The first-order valence-electron chi connectivity index (χ1n) is 12.7. The number of hydrogen-bond acceptors (Lipinski definition) is 3. The Hall–Kier alpha value is -3.19. The Labute approximate surface area is 212 Å². The molecule has 0 spiro atoms. The van der Waals surface area contributed by atoms with E-state index in [9.17, 15) is 4.79 Å². The van der Waals surface area contributed by atoms with Gasteiger partial charge in [-0.15, -0.1) is 0 Å². The minimum absolute atomic E-state index is 0.00254. The van der Waals surface area contributed by atoms with Crippen molar-refractivity contribution in [2.24, 2.45) is 0 Å². The standard InChI is InChI=1S/C28H33N5OS/c1-2-20-9-3-6-12-23(20)30-25(34)15-18-33-27(21-14-17-32(19-21)22-10-4-5-11-22)26(31-28(33)35)24-13-7-8-16-29-24/h3,6-9,12-14,16-17,19,22,26-27H,2,4-5,10-11,15,18H2,1H3,(H,30,34)(H,31,35)/t26-,27+/m0/s1. The lowest BCUT2D eigenvalue weighted by atomic mass is 9.99. The van der Waals surface area contributed by atoms with Gasteiger partial charge in [0.15, 0.2) is 5.11 Å². The van der Waals surface area contributed by atoms with E-state index in [2.05, 4.69) is 56.5 Å². The average molecular weight is 488 g/mol. The molecule has 1 saturated heterocycles. The molecule has 2 aromatic heterocycles. The molecule has 182 valence electrons. The van der Waals surface area contributed by atoms with Crippen LogP contribution in [0.25, 0.3) is 0 Å². The van der Waals surface area contributed by atoms with Gasteiger partial charge in [-0.3, -0.25) is 9.78 Å². The van der Waals surface area contributed by atoms with Crippen LogP contribution in [0.15, 0.2) is 67.1 Å². The van der Waals surface area contributed by atoms with Crippen LogP contribution in [0.2, 0.25) is 0 Å². The number of carbonyl (C=O) groups excluding carboxylic acids is 1. The summed E-state index contributed by atoms with van der Waals surface area (Å²) >= 11 is 5.78. The molecular weight excluding hydrogens is 454 g/mol. The van der Waals surface area contributed by atoms with Crippen molar-refractivity contribution in [1.29, 1.82) is 0 Å². The summed E-state index contributed by atoms with van der Waals surface area (Å²) in [5.41, 5.74) is 4.19. The zero-order valence-electron chi connectivity index (χ0n) is 20.2. The molecule has 0 radical (unpaired) electrons. The van der Waals surface area contributed by atoms with E-state index in [1.54, 1.807) is 0 Å². The summed E-state index contributed by atoms with van der Waals surface area (Å²) in [4.78, 5) is 19.7. The van der Waals surface area contributed by atoms with Gasteiger partial charge in [0.1, 0.15) is 0 Å². The van der Waals surface area contributed by atoms with E-state index in [1.165, 1.54) is 31.2 Å². The molecule has 0 unspecified atom stereocenters. The van der Waals surface area contributed by atoms with Gasteiger partial charge < -0.3 is 20.1 Å². The van der Waals surface area contributed by atoms with Gasteiger partial charge in [-0.25, -0.2) is 0 Å². The average Bonchev–Trinajstić information content (AvgIpc) is 3.64. The first-order chi connectivity index (χ1) is 17.1. The van der Waals surface area contributed by atoms with Crippen molar-refractivity contribution < 1.29 is 4.79 Å². The van der Waals surface area contributed by atoms with Gasteiger partial charge in [-0.05, 0) is 66.9 Å². The number of rotatable bonds is 8. The molecule has 1 aliphatic heterocycles. The van der Waals surface area contributed by atoms with E-state index < -0.39 is 0 Å².